The summed E-state index contributed by atoms with van der Waals surface area (Å²) in [4.78, 5) is 32.6. The Bertz CT molecular complexity index is 1160. The molecular weight excluding hydrogens is 434 g/mol. The third kappa shape index (κ3) is 5.89. The Morgan fingerprint density at radius 1 is 1.15 bits per heavy atom. The number of nitrogens with one attached hydrogen (secondary N) is 2. The zero-order valence-electron chi connectivity index (χ0n) is 19.2. The minimum Gasteiger partial charge on any atom is -0.368 e. The average molecular weight is 462 g/mol. The zero-order chi connectivity index (χ0) is 24.0. The number of carbonyl (C=O) groups excluding carboxylic acids is 2. The van der Waals surface area contributed by atoms with Gasteiger partial charge in [-0.1, -0.05) is 43.3 Å². The molecule has 0 bridgehead atoms. The fourth-order valence-corrected chi connectivity index (χ4v) is 3.53. The van der Waals surface area contributed by atoms with Crippen LogP contribution >= 0.6 is 0 Å². The summed E-state index contributed by atoms with van der Waals surface area (Å²) in [5.74, 6) is 0.931. The van der Waals surface area contributed by atoms with Gasteiger partial charge in [0, 0.05) is 49.5 Å². The molecule has 0 aromatic carbocycles. The Labute approximate surface area is 197 Å². The summed E-state index contributed by atoms with van der Waals surface area (Å²) in [6, 6.07) is 3.63. The molecular formula is C24H27N7O3. The standard InChI is InChI=1S/C24H27N7O3/c1-24(2,15-27-22-17-6-3-4-7-18(17)23(33)30-29-22)14-26-19(32)8-5-9-20-28-21(31-34-20)16-10-12-25-13-11-16/h3-4,6-7,10-13,18,27H,5,8-9,14-15H2,1-2H3,(H,26,32). The summed E-state index contributed by atoms with van der Waals surface area (Å²) in [5, 5.41) is 18.0. The topological polar surface area (TPSA) is 135 Å². The Morgan fingerprint density at radius 3 is 2.79 bits per heavy atom. The molecule has 1 aliphatic carbocycles. The van der Waals surface area contributed by atoms with Crippen LogP contribution in [0.15, 0.2) is 75.0 Å². The second-order valence-electron chi connectivity index (χ2n) is 8.96. The summed E-state index contributed by atoms with van der Waals surface area (Å²) in [5.41, 5.74) is 1.41. The number of aromatic nitrogens is 3. The summed E-state index contributed by atoms with van der Waals surface area (Å²) in [7, 11) is 0. The number of hydrogen-bond acceptors (Lipinski definition) is 8. The van der Waals surface area contributed by atoms with E-state index in [1.165, 1.54) is 0 Å². The quantitative estimate of drug-likeness (QED) is 0.555. The number of allylic oxidation sites excluding steroid dienone is 3. The lowest BCUT2D eigenvalue weighted by Gasteiger charge is -2.27. The van der Waals surface area contributed by atoms with Crippen LogP contribution in [-0.2, 0) is 16.0 Å². The third-order valence-corrected chi connectivity index (χ3v) is 5.51. The van der Waals surface area contributed by atoms with Crippen LogP contribution < -0.4 is 10.6 Å². The first-order valence-corrected chi connectivity index (χ1v) is 11.2. The van der Waals surface area contributed by atoms with Gasteiger partial charge in [-0.2, -0.15) is 4.98 Å². The van der Waals surface area contributed by atoms with Gasteiger partial charge in [-0.3, -0.25) is 14.6 Å². The minimum atomic E-state index is -0.382. The maximum atomic E-state index is 12.3. The average Bonchev–Trinajstić information content (AvgIpc) is 3.32. The first kappa shape index (κ1) is 23.2. The van der Waals surface area contributed by atoms with Gasteiger partial charge in [-0.25, -0.2) is 0 Å². The zero-order valence-corrected chi connectivity index (χ0v) is 19.2. The van der Waals surface area contributed by atoms with E-state index in [2.05, 4.69) is 36.0 Å². The highest BCUT2D eigenvalue weighted by Gasteiger charge is 2.28. The number of aryl methyl sites for hydroxylation is 1. The largest absolute Gasteiger partial charge is 0.368 e. The van der Waals surface area contributed by atoms with Gasteiger partial charge in [0.2, 0.25) is 17.6 Å². The number of nitrogens with zero attached hydrogens (tertiary/aromatic N) is 5. The summed E-state index contributed by atoms with van der Waals surface area (Å²) in [6.45, 7) is 5.14. The molecule has 34 heavy (non-hydrogen) atoms. The molecule has 0 saturated heterocycles. The second-order valence-corrected chi connectivity index (χ2v) is 8.96. The Kier molecular flexibility index (Phi) is 7.05. The Hall–Kier alpha value is -3.95. The lowest BCUT2D eigenvalue weighted by molar-refractivity contribution is -0.122. The maximum absolute atomic E-state index is 12.3. The molecule has 4 rings (SSSR count). The molecule has 0 spiro atoms. The lowest BCUT2D eigenvalue weighted by atomic mass is 9.91. The van der Waals surface area contributed by atoms with Crippen molar-refractivity contribution >= 4 is 11.8 Å². The molecule has 2 amide bonds. The lowest BCUT2D eigenvalue weighted by Crippen LogP contribution is -2.40. The minimum absolute atomic E-state index is 0.0349. The number of azo groups is 1. The molecule has 2 aliphatic rings. The predicted octanol–water partition coefficient (Wildman–Crippen LogP) is 3.13. The van der Waals surface area contributed by atoms with Crippen LogP contribution in [0.5, 0.6) is 0 Å². The molecule has 0 fully saturated rings. The number of carbonyl (C=O) groups is 2. The number of rotatable bonds is 10. The van der Waals surface area contributed by atoms with Crippen LogP contribution in [0, 0.1) is 11.3 Å². The van der Waals surface area contributed by atoms with Crippen LogP contribution in [0.4, 0.5) is 0 Å². The van der Waals surface area contributed by atoms with Crippen LogP contribution in [0.1, 0.15) is 32.6 Å². The van der Waals surface area contributed by atoms with Crippen LogP contribution in [0.25, 0.3) is 11.4 Å². The van der Waals surface area contributed by atoms with Gasteiger partial charge in [0.25, 0.3) is 5.91 Å². The SMILES string of the molecule is CC(C)(CNC(=O)CCCc1nc(-c2ccncc2)no1)CNC1=C2C=CC=CC2C(=O)N=N1. The van der Waals surface area contributed by atoms with E-state index in [0.29, 0.717) is 49.9 Å². The van der Waals surface area contributed by atoms with Crippen molar-refractivity contribution in [2.75, 3.05) is 13.1 Å². The van der Waals surface area contributed by atoms with Gasteiger partial charge in [0.1, 0.15) is 0 Å². The molecule has 2 aromatic heterocycles. The van der Waals surface area contributed by atoms with Crippen molar-refractivity contribution < 1.29 is 14.1 Å². The van der Waals surface area contributed by atoms with Gasteiger partial charge in [0.15, 0.2) is 5.82 Å². The molecule has 10 nitrogen and oxygen atoms in total. The second kappa shape index (κ2) is 10.3. The van der Waals surface area contributed by atoms with Crippen molar-refractivity contribution in [3.8, 4) is 11.4 Å². The Balaban J connectivity index is 1.20. The molecule has 3 heterocycles. The van der Waals surface area contributed by atoms with E-state index in [-0.39, 0.29) is 23.1 Å². The molecule has 0 saturated carbocycles. The highest BCUT2D eigenvalue weighted by molar-refractivity contribution is 5.86. The first-order valence-electron chi connectivity index (χ1n) is 11.2. The van der Waals surface area contributed by atoms with Gasteiger partial charge >= 0.3 is 0 Å². The third-order valence-electron chi connectivity index (χ3n) is 5.51. The molecule has 176 valence electrons. The molecule has 2 N–H and O–H groups in total. The number of fused-ring (bicyclic) bond motifs is 1. The van der Waals surface area contributed by atoms with E-state index in [1.54, 1.807) is 12.4 Å². The number of hydrogen-bond donors (Lipinski definition) is 2. The van der Waals surface area contributed by atoms with Crippen molar-refractivity contribution in [2.24, 2.45) is 21.6 Å². The van der Waals surface area contributed by atoms with Crippen molar-refractivity contribution in [1.29, 1.82) is 0 Å². The molecule has 10 heteroatoms. The fraction of sp³-hybridized carbons (Fsp3) is 0.375. The van der Waals surface area contributed by atoms with Crippen molar-refractivity contribution in [2.45, 2.75) is 33.1 Å². The number of pyridine rings is 1. The summed E-state index contributed by atoms with van der Waals surface area (Å²) >= 11 is 0. The number of amides is 2. The van der Waals surface area contributed by atoms with Crippen molar-refractivity contribution in [3.63, 3.8) is 0 Å². The van der Waals surface area contributed by atoms with Crippen LogP contribution in [0.3, 0.4) is 0 Å². The van der Waals surface area contributed by atoms with E-state index in [1.807, 2.05) is 50.3 Å². The normalized spacial score (nSPS) is 17.1. The smallest absolute Gasteiger partial charge is 0.276 e. The van der Waals surface area contributed by atoms with Crippen molar-refractivity contribution in [3.05, 3.63) is 66.1 Å². The van der Waals surface area contributed by atoms with Gasteiger partial charge < -0.3 is 15.2 Å². The predicted molar refractivity (Wildman–Crippen MR) is 124 cm³/mol. The monoisotopic (exact) mass is 461 g/mol. The van der Waals surface area contributed by atoms with E-state index >= 15 is 0 Å². The maximum Gasteiger partial charge on any atom is 0.276 e. The van der Waals surface area contributed by atoms with Gasteiger partial charge in [-0.15, -0.1) is 10.2 Å². The molecule has 0 radical (unpaired) electrons. The summed E-state index contributed by atoms with van der Waals surface area (Å²) in [6.07, 6.45) is 12.2. The van der Waals surface area contributed by atoms with Gasteiger partial charge in [0.05, 0.1) is 5.92 Å². The molecule has 1 aliphatic heterocycles. The van der Waals surface area contributed by atoms with E-state index < -0.39 is 0 Å². The molecule has 1 unspecified atom stereocenters. The van der Waals surface area contributed by atoms with E-state index in [4.69, 9.17) is 4.52 Å². The Morgan fingerprint density at radius 2 is 1.97 bits per heavy atom. The van der Waals surface area contributed by atoms with Crippen LogP contribution in [-0.4, -0.2) is 40.0 Å². The fourth-order valence-electron chi connectivity index (χ4n) is 3.53. The van der Waals surface area contributed by atoms with E-state index in [9.17, 15) is 9.59 Å². The molecule has 1 atom stereocenters. The van der Waals surface area contributed by atoms with Gasteiger partial charge in [-0.05, 0) is 24.0 Å². The van der Waals surface area contributed by atoms with E-state index in [0.717, 1.165) is 11.1 Å². The first-order chi connectivity index (χ1) is 16.4. The highest BCUT2D eigenvalue weighted by Crippen LogP contribution is 2.27. The molecule has 2 aromatic rings. The van der Waals surface area contributed by atoms with Crippen LogP contribution in [0.2, 0.25) is 0 Å². The summed E-state index contributed by atoms with van der Waals surface area (Å²) < 4.78 is 5.28. The highest BCUT2D eigenvalue weighted by atomic mass is 16.5. The van der Waals surface area contributed by atoms with Crippen molar-refractivity contribution in [1.82, 2.24) is 25.8 Å².